The van der Waals surface area contributed by atoms with Crippen LogP contribution in [0.4, 0.5) is 4.39 Å². The van der Waals surface area contributed by atoms with E-state index in [1.165, 1.54) is 13.2 Å². The van der Waals surface area contributed by atoms with Gasteiger partial charge in [0.1, 0.15) is 0 Å². The second-order valence-corrected chi connectivity index (χ2v) is 4.63. The van der Waals surface area contributed by atoms with Crippen molar-refractivity contribution in [3.05, 3.63) is 29.6 Å². The van der Waals surface area contributed by atoms with Crippen molar-refractivity contribution in [2.75, 3.05) is 14.2 Å². The Morgan fingerprint density at radius 2 is 2.33 bits per heavy atom. The van der Waals surface area contributed by atoms with Crippen molar-refractivity contribution in [1.29, 1.82) is 0 Å². The van der Waals surface area contributed by atoms with Crippen LogP contribution in [0.2, 0.25) is 0 Å². The maximum Gasteiger partial charge on any atom is 0.308 e. The molecular weight excluding hydrogens is 237 g/mol. The van der Waals surface area contributed by atoms with Gasteiger partial charge in [0.05, 0.1) is 13.0 Å². The number of aliphatic carboxylic acids is 1. The van der Waals surface area contributed by atoms with E-state index >= 15 is 0 Å². The lowest BCUT2D eigenvalue weighted by molar-refractivity contribution is -0.138. The van der Waals surface area contributed by atoms with Crippen molar-refractivity contribution < 1.29 is 19.0 Å². The van der Waals surface area contributed by atoms with Gasteiger partial charge in [0.25, 0.3) is 0 Å². The molecule has 1 aromatic carbocycles. The topological polar surface area (TPSA) is 49.8 Å². The number of rotatable bonds is 5. The Balaban J connectivity index is 1.98. The van der Waals surface area contributed by atoms with E-state index in [9.17, 15) is 9.18 Å². The molecule has 4 nitrogen and oxygen atoms in total. The fourth-order valence-electron chi connectivity index (χ4n) is 2.15. The molecule has 2 rings (SSSR count). The van der Waals surface area contributed by atoms with Gasteiger partial charge in [-0.2, -0.15) is 0 Å². The zero-order valence-corrected chi connectivity index (χ0v) is 10.4. The maximum atomic E-state index is 13.5. The highest BCUT2D eigenvalue weighted by Gasteiger charge is 2.45. The summed E-state index contributed by atoms with van der Waals surface area (Å²) in [6, 6.07) is 4.86. The van der Waals surface area contributed by atoms with E-state index in [1.54, 1.807) is 12.1 Å². The average Bonchev–Trinajstić information content (AvgIpc) is 3.09. The first-order valence-electron chi connectivity index (χ1n) is 5.78. The highest BCUT2D eigenvalue weighted by molar-refractivity contribution is 5.74. The molecule has 0 radical (unpaired) electrons. The van der Waals surface area contributed by atoms with E-state index in [4.69, 9.17) is 9.84 Å². The molecule has 5 heteroatoms. The summed E-state index contributed by atoms with van der Waals surface area (Å²) in [5, 5.41) is 8.85. The van der Waals surface area contributed by atoms with E-state index < -0.39 is 11.8 Å². The van der Waals surface area contributed by atoms with Crippen molar-refractivity contribution in [1.82, 2.24) is 4.90 Å². The van der Waals surface area contributed by atoms with E-state index in [0.717, 1.165) is 5.56 Å². The maximum absolute atomic E-state index is 13.5. The Kier molecular flexibility index (Phi) is 3.52. The molecule has 2 atom stereocenters. The predicted octanol–water partition coefficient (Wildman–Crippen LogP) is 1.74. The molecule has 0 aromatic heterocycles. The Bertz CT molecular complexity index is 464. The van der Waals surface area contributed by atoms with E-state index in [0.29, 0.717) is 13.0 Å². The summed E-state index contributed by atoms with van der Waals surface area (Å²) in [5.41, 5.74) is 0.812. The third-order valence-electron chi connectivity index (χ3n) is 3.29. The number of carboxylic acids is 1. The minimum Gasteiger partial charge on any atom is -0.494 e. The number of carboxylic acid groups (broad SMARTS) is 1. The van der Waals surface area contributed by atoms with Gasteiger partial charge in [0.15, 0.2) is 11.6 Å². The molecule has 1 N–H and O–H groups in total. The van der Waals surface area contributed by atoms with Crippen LogP contribution in [0.5, 0.6) is 5.75 Å². The van der Waals surface area contributed by atoms with Gasteiger partial charge in [-0.15, -0.1) is 0 Å². The predicted molar refractivity (Wildman–Crippen MR) is 63.9 cm³/mol. The zero-order valence-electron chi connectivity index (χ0n) is 10.4. The minimum absolute atomic E-state index is 0.0627. The molecule has 0 heterocycles. The SMILES string of the molecule is COc1ccc(CN(C)C2CC2C(=O)O)cc1F. The lowest BCUT2D eigenvalue weighted by Gasteiger charge is -2.16. The summed E-state index contributed by atoms with van der Waals surface area (Å²) >= 11 is 0. The molecule has 1 aliphatic rings. The number of hydrogen-bond donors (Lipinski definition) is 1. The van der Waals surface area contributed by atoms with Crippen LogP contribution in [0.25, 0.3) is 0 Å². The molecule has 1 fully saturated rings. The van der Waals surface area contributed by atoms with Crippen molar-refractivity contribution >= 4 is 5.97 Å². The molecule has 0 saturated heterocycles. The van der Waals surface area contributed by atoms with Crippen LogP contribution in [0.3, 0.4) is 0 Å². The molecule has 1 aromatic rings. The Hall–Kier alpha value is -1.62. The molecular formula is C13H16FNO3. The first kappa shape index (κ1) is 12.8. The Labute approximate surface area is 105 Å². The molecule has 18 heavy (non-hydrogen) atoms. The minimum atomic E-state index is -0.757. The third kappa shape index (κ3) is 2.61. The van der Waals surface area contributed by atoms with Gasteiger partial charge in [-0.3, -0.25) is 9.69 Å². The first-order chi connectivity index (χ1) is 8.52. The molecule has 2 unspecified atom stereocenters. The molecule has 0 spiro atoms. The normalized spacial score (nSPS) is 22.0. The van der Waals surface area contributed by atoms with Crippen molar-refractivity contribution in [2.45, 2.75) is 19.0 Å². The van der Waals surface area contributed by atoms with Crippen molar-refractivity contribution in [3.8, 4) is 5.75 Å². The lowest BCUT2D eigenvalue weighted by Crippen LogP contribution is -2.23. The van der Waals surface area contributed by atoms with Crippen molar-refractivity contribution in [2.24, 2.45) is 5.92 Å². The fraction of sp³-hybridized carbons (Fsp3) is 0.462. The van der Waals surface area contributed by atoms with E-state index in [2.05, 4.69) is 0 Å². The number of nitrogens with zero attached hydrogens (tertiary/aromatic N) is 1. The molecule has 1 aliphatic carbocycles. The zero-order chi connectivity index (χ0) is 13.3. The number of ether oxygens (including phenoxy) is 1. The number of halogens is 1. The van der Waals surface area contributed by atoms with Crippen LogP contribution < -0.4 is 4.74 Å². The first-order valence-corrected chi connectivity index (χ1v) is 5.78. The summed E-state index contributed by atoms with van der Waals surface area (Å²) in [7, 11) is 3.28. The van der Waals surface area contributed by atoms with Crippen LogP contribution in [-0.2, 0) is 11.3 Å². The van der Waals surface area contributed by atoms with Gasteiger partial charge in [-0.1, -0.05) is 6.07 Å². The summed E-state index contributed by atoms with van der Waals surface area (Å²) in [4.78, 5) is 12.7. The third-order valence-corrected chi connectivity index (χ3v) is 3.29. The fourth-order valence-corrected chi connectivity index (χ4v) is 2.15. The van der Waals surface area contributed by atoms with Gasteiger partial charge < -0.3 is 9.84 Å². The van der Waals surface area contributed by atoms with Crippen molar-refractivity contribution in [3.63, 3.8) is 0 Å². The molecule has 98 valence electrons. The summed E-state index contributed by atoms with van der Waals surface area (Å²) < 4.78 is 18.3. The quantitative estimate of drug-likeness (QED) is 0.868. The number of benzene rings is 1. The molecule has 0 bridgehead atoms. The Morgan fingerprint density at radius 1 is 1.61 bits per heavy atom. The van der Waals surface area contributed by atoms with Crippen LogP contribution in [0.1, 0.15) is 12.0 Å². The van der Waals surface area contributed by atoms with E-state index in [1.807, 2.05) is 11.9 Å². The van der Waals surface area contributed by atoms with Gasteiger partial charge in [0.2, 0.25) is 0 Å². The largest absolute Gasteiger partial charge is 0.494 e. The molecule has 1 saturated carbocycles. The lowest BCUT2D eigenvalue weighted by atomic mass is 10.2. The summed E-state index contributed by atoms with van der Waals surface area (Å²) in [6.07, 6.45) is 0.671. The van der Waals surface area contributed by atoms with E-state index in [-0.39, 0.29) is 17.7 Å². The second-order valence-electron chi connectivity index (χ2n) is 4.63. The second kappa shape index (κ2) is 4.94. The molecule has 0 aliphatic heterocycles. The number of hydrogen-bond acceptors (Lipinski definition) is 3. The van der Waals surface area contributed by atoms with Gasteiger partial charge in [0, 0.05) is 12.6 Å². The standard InChI is InChI=1S/C13H16FNO3/c1-15(11-6-9(11)13(16)17)7-8-3-4-12(18-2)10(14)5-8/h3-5,9,11H,6-7H2,1-2H3,(H,16,17). The van der Waals surface area contributed by atoms with Gasteiger partial charge in [-0.05, 0) is 31.2 Å². The van der Waals surface area contributed by atoms with Gasteiger partial charge >= 0.3 is 5.97 Å². The highest BCUT2D eigenvalue weighted by Crippen LogP contribution is 2.35. The van der Waals surface area contributed by atoms with Crippen LogP contribution >= 0.6 is 0 Å². The number of carbonyl (C=O) groups is 1. The average molecular weight is 253 g/mol. The monoisotopic (exact) mass is 253 g/mol. The van der Waals surface area contributed by atoms with Crippen LogP contribution in [0.15, 0.2) is 18.2 Å². The smallest absolute Gasteiger partial charge is 0.308 e. The number of methoxy groups -OCH3 is 1. The van der Waals surface area contributed by atoms with Gasteiger partial charge in [-0.25, -0.2) is 4.39 Å². The highest BCUT2D eigenvalue weighted by atomic mass is 19.1. The van der Waals surface area contributed by atoms with Crippen LogP contribution in [-0.4, -0.2) is 36.2 Å². The summed E-state index contributed by atoms with van der Waals surface area (Å²) in [5.74, 6) is -1.21. The Morgan fingerprint density at radius 3 is 2.83 bits per heavy atom. The summed E-state index contributed by atoms with van der Waals surface area (Å²) in [6.45, 7) is 0.537. The molecule has 0 amide bonds. The van der Waals surface area contributed by atoms with Crippen LogP contribution in [0, 0.1) is 11.7 Å².